The fraction of sp³-hybridized carbons (Fsp3) is 0.348. The molecule has 0 aliphatic carbocycles. The summed E-state index contributed by atoms with van der Waals surface area (Å²) in [5.74, 6) is 0.113. The van der Waals surface area contributed by atoms with Gasteiger partial charge in [-0.2, -0.15) is 0 Å². The van der Waals surface area contributed by atoms with E-state index in [0.29, 0.717) is 40.0 Å². The Morgan fingerprint density at radius 2 is 2.00 bits per heavy atom. The molecule has 1 N–H and O–H groups in total. The van der Waals surface area contributed by atoms with Gasteiger partial charge in [0.15, 0.2) is 0 Å². The van der Waals surface area contributed by atoms with Crippen molar-refractivity contribution in [3.63, 3.8) is 0 Å². The molecule has 0 bridgehead atoms. The van der Waals surface area contributed by atoms with Gasteiger partial charge in [-0.25, -0.2) is 14.2 Å². The normalized spacial score (nSPS) is 11.8. The number of aromatic amines is 1. The van der Waals surface area contributed by atoms with Crippen molar-refractivity contribution in [2.45, 2.75) is 26.3 Å². The van der Waals surface area contributed by atoms with Gasteiger partial charge in [-0.3, -0.25) is 9.55 Å². The van der Waals surface area contributed by atoms with Crippen molar-refractivity contribution in [1.29, 1.82) is 0 Å². The fourth-order valence-electron chi connectivity index (χ4n) is 3.72. The van der Waals surface area contributed by atoms with Gasteiger partial charge in [-0.15, -0.1) is 0 Å². The maximum absolute atomic E-state index is 14.9. The Balaban J connectivity index is 1.71. The molecule has 0 aliphatic rings. The number of aromatic nitrogens is 4. The first kappa shape index (κ1) is 21.0. The fourth-order valence-corrected chi connectivity index (χ4v) is 3.72. The van der Waals surface area contributed by atoms with E-state index in [1.807, 2.05) is 27.9 Å². The molecule has 31 heavy (non-hydrogen) atoms. The van der Waals surface area contributed by atoms with Crippen LogP contribution in [0.3, 0.4) is 0 Å². The highest BCUT2D eigenvalue weighted by Gasteiger charge is 2.16. The van der Waals surface area contributed by atoms with E-state index in [4.69, 9.17) is 4.74 Å². The molecule has 7 nitrogen and oxygen atoms in total. The zero-order chi connectivity index (χ0) is 22.1. The molecule has 4 aromatic rings. The highest BCUT2D eigenvalue weighted by atomic mass is 19.1. The zero-order valence-electron chi connectivity index (χ0n) is 18.1. The number of pyridine rings is 2. The van der Waals surface area contributed by atoms with Crippen molar-refractivity contribution in [1.82, 2.24) is 24.4 Å². The van der Waals surface area contributed by atoms with Crippen molar-refractivity contribution in [3.05, 3.63) is 53.0 Å². The molecular formula is C23H26FN5O2. The van der Waals surface area contributed by atoms with Crippen LogP contribution in [0.5, 0.6) is 5.88 Å². The lowest BCUT2D eigenvalue weighted by Crippen LogP contribution is -2.18. The summed E-state index contributed by atoms with van der Waals surface area (Å²) < 4.78 is 22.3. The Morgan fingerprint density at radius 1 is 1.19 bits per heavy atom. The van der Waals surface area contributed by atoms with Crippen LogP contribution in [0.1, 0.15) is 26.3 Å². The number of ether oxygens (including phenoxy) is 1. The number of hydrogen-bond acceptors (Lipinski definition) is 5. The van der Waals surface area contributed by atoms with Gasteiger partial charge in [0, 0.05) is 47.4 Å². The summed E-state index contributed by atoms with van der Waals surface area (Å²) in [6, 6.07) is 6.62. The average Bonchev–Trinajstić information content (AvgIpc) is 3.07. The van der Waals surface area contributed by atoms with Gasteiger partial charge in [-0.05, 0) is 46.5 Å². The largest absolute Gasteiger partial charge is 0.478 e. The molecular weight excluding hydrogens is 397 g/mol. The first-order chi connectivity index (χ1) is 14.8. The molecule has 3 heterocycles. The van der Waals surface area contributed by atoms with Gasteiger partial charge < -0.3 is 14.6 Å². The second kappa shape index (κ2) is 8.47. The van der Waals surface area contributed by atoms with Gasteiger partial charge in [0.1, 0.15) is 5.82 Å². The van der Waals surface area contributed by atoms with E-state index < -0.39 is 5.82 Å². The number of rotatable bonds is 7. The van der Waals surface area contributed by atoms with Gasteiger partial charge in [-0.1, -0.05) is 0 Å². The minimum absolute atomic E-state index is 0.0500. The second-order valence-electron chi connectivity index (χ2n) is 8.15. The van der Waals surface area contributed by atoms with E-state index in [1.54, 1.807) is 35.2 Å². The summed E-state index contributed by atoms with van der Waals surface area (Å²) in [5, 5.41) is 0.713. The predicted octanol–water partition coefficient (Wildman–Crippen LogP) is 3.99. The smallest absolute Gasteiger partial charge is 0.326 e. The van der Waals surface area contributed by atoms with Crippen LogP contribution in [0.4, 0.5) is 4.39 Å². The van der Waals surface area contributed by atoms with Crippen molar-refractivity contribution < 1.29 is 9.13 Å². The Kier molecular flexibility index (Phi) is 5.73. The Bertz CT molecular complexity index is 1280. The number of H-pyrrole nitrogens is 1. The van der Waals surface area contributed by atoms with Crippen molar-refractivity contribution in [2.75, 3.05) is 27.2 Å². The van der Waals surface area contributed by atoms with Crippen LogP contribution in [0.2, 0.25) is 0 Å². The van der Waals surface area contributed by atoms with E-state index in [-0.39, 0.29) is 11.7 Å². The Labute approximate surface area is 179 Å². The van der Waals surface area contributed by atoms with E-state index in [0.717, 1.165) is 18.5 Å². The predicted molar refractivity (Wildman–Crippen MR) is 120 cm³/mol. The minimum atomic E-state index is -0.394. The van der Waals surface area contributed by atoms with Gasteiger partial charge in [0.05, 0.1) is 29.4 Å². The summed E-state index contributed by atoms with van der Waals surface area (Å²) in [5.41, 5.74) is 2.67. The molecule has 3 aromatic heterocycles. The van der Waals surface area contributed by atoms with Crippen LogP contribution < -0.4 is 10.4 Å². The summed E-state index contributed by atoms with van der Waals surface area (Å²) in [6.45, 7) is 5.38. The van der Waals surface area contributed by atoms with Crippen LogP contribution >= 0.6 is 0 Å². The molecule has 0 atom stereocenters. The standard InChI is InChI=1S/C23H26FN5O2/c1-14(2)29-22-17-10-16(18(24)11-19(17)25-13-20(22)27-23(29)30)15-6-7-21(26-12-15)31-9-5-8-28(3)4/h6-7,10-14H,5,8-9H2,1-4H3,(H,27,30). The van der Waals surface area contributed by atoms with Crippen molar-refractivity contribution in [3.8, 4) is 17.0 Å². The number of nitrogens with one attached hydrogen (secondary N) is 1. The summed E-state index contributed by atoms with van der Waals surface area (Å²) in [6.07, 6.45) is 4.07. The number of imidazole rings is 1. The van der Waals surface area contributed by atoms with Gasteiger partial charge >= 0.3 is 5.69 Å². The lowest BCUT2D eigenvalue weighted by atomic mass is 10.0. The Hall–Kier alpha value is -3.26. The highest BCUT2D eigenvalue weighted by Crippen LogP contribution is 2.31. The first-order valence-corrected chi connectivity index (χ1v) is 10.3. The molecule has 0 unspecified atom stereocenters. The van der Waals surface area contributed by atoms with E-state index in [9.17, 15) is 9.18 Å². The molecule has 0 fully saturated rings. The molecule has 162 valence electrons. The second-order valence-corrected chi connectivity index (χ2v) is 8.15. The van der Waals surface area contributed by atoms with Crippen LogP contribution in [-0.4, -0.2) is 51.7 Å². The third kappa shape index (κ3) is 4.16. The van der Waals surface area contributed by atoms with Crippen molar-refractivity contribution >= 4 is 21.9 Å². The third-order valence-electron chi connectivity index (χ3n) is 5.19. The zero-order valence-corrected chi connectivity index (χ0v) is 18.1. The van der Waals surface area contributed by atoms with E-state index >= 15 is 0 Å². The number of hydrogen-bond donors (Lipinski definition) is 1. The topological polar surface area (TPSA) is 76.0 Å². The molecule has 0 amide bonds. The molecule has 1 aromatic carbocycles. The molecule has 0 spiro atoms. The first-order valence-electron chi connectivity index (χ1n) is 10.3. The molecule has 0 aliphatic heterocycles. The summed E-state index contributed by atoms with van der Waals surface area (Å²) in [7, 11) is 4.03. The van der Waals surface area contributed by atoms with Gasteiger partial charge in [0.2, 0.25) is 5.88 Å². The Morgan fingerprint density at radius 3 is 2.68 bits per heavy atom. The summed E-state index contributed by atoms with van der Waals surface area (Å²) >= 11 is 0. The third-order valence-corrected chi connectivity index (χ3v) is 5.19. The molecule has 4 rings (SSSR count). The van der Waals surface area contributed by atoms with Crippen molar-refractivity contribution in [2.24, 2.45) is 0 Å². The van der Waals surface area contributed by atoms with Crippen LogP contribution in [-0.2, 0) is 0 Å². The molecule has 0 radical (unpaired) electrons. The maximum atomic E-state index is 14.9. The SMILES string of the molecule is CC(C)n1c(=O)[nH]c2cnc3cc(F)c(-c4ccc(OCCCN(C)C)nc4)cc3c21. The lowest BCUT2D eigenvalue weighted by Gasteiger charge is -2.12. The lowest BCUT2D eigenvalue weighted by molar-refractivity contribution is 0.273. The number of halogens is 1. The summed E-state index contributed by atoms with van der Waals surface area (Å²) in [4.78, 5) is 26.0. The average molecular weight is 423 g/mol. The van der Waals surface area contributed by atoms with Gasteiger partial charge in [0.25, 0.3) is 0 Å². The van der Waals surface area contributed by atoms with E-state index in [1.165, 1.54) is 6.07 Å². The molecule has 8 heteroatoms. The molecule has 0 saturated heterocycles. The number of nitrogens with zero attached hydrogens (tertiary/aromatic N) is 4. The monoisotopic (exact) mass is 423 g/mol. The van der Waals surface area contributed by atoms with Crippen LogP contribution in [0.25, 0.3) is 33.1 Å². The minimum Gasteiger partial charge on any atom is -0.478 e. The maximum Gasteiger partial charge on any atom is 0.326 e. The molecule has 0 saturated carbocycles. The quantitative estimate of drug-likeness (QED) is 0.455. The highest BCUT2D eigenvalue weighted by molar-refractivity contribution is 6.03. The van der Waals surface area contributed by atoms with E-state index in [2.05, 4.69) is 19.9 Å². The number of benzene rings is 1. The van der Waals surface area contributed by atoms with Crippen LogP contribution in [0.15, 0.2) is 41.5 Å². The van der Waals surface area contributed by atoms with Crippen LogP contribution in [0, 0.1) is 5.82 Å². The number of fused-ring (bicyclic) bond motifs is 3.